The maximum Gasteiger partial charge on any atom is 0.246 e. The summed E-state index contributed by atoms with van der Waals surface area (Å²) >= 11 is 0. The lowest BCUT2D eigenvalue weighted by Gasteiger charge is -2.49. The minimum atomic E-state index is -0.375. The quantitative estimate of drug-likeness (QED) is 0.775. The number of carbonyl (C=O) groups is 2. The zero-order chi connectivity index (χ0) is 15.6. The van der Waals surface area contributed by atoms with E-state index in [9.17, 15) is 9.59 Å². The lowest BCUT2D eigenvalue weighted by Crippen LogP contribution is -2.68. The average molecular weight is 296 g/mol. The van der Waals surface area contributed by atoms with Crippen molar-refractivity contribution in [3.8, 4) is 0 Å². The standard InChI is InChI=1S/C16H28N2O3/c1-5-21-10-14(11(2)3)18-12(4)15(19)17-9-7-6-8-13(17)16(18)20/h11-14H,5-10H2,1-4H3. The molecule has 2 aliphatic rings. The van der Waals surface area contributed by atoms with Crippen LogP contribution in [0.4, 0.5) is 0 Å². The van der Waals surface area contributed by atoms with Crippen molar-refractivity contribution in [1.29, 1.82) is 0 Å². The van der Waals surface area contributed by atoms with Gasteiger partial charge in [-0.15, -0.1) is 0 Å². The third kappa shape index (κ3) is 3.07. The van der Waals surface area contributed by atoms with Gasteiger partial charge in [0, 0.05) is 13.2 Å². The van der Waals surface area contributed by atoms with Crippen molar-refractivity contribution in [1.82, 2.24) is 9.80 Å². The number of rotatable bonds is 5. The van der Waals surface area contributed by atoms with Gasteiger partial charge in [-0.25, -0.2) is 0 Å². The molecule has 0 bridgehead atoms. The second-order valence-corrected chi connectivity index (χ2v) is 6.44. The van der Waals surface area contributed by atoms with Crippen molar-refractivity contribution in [2.24, 2.45) is 5.92 Å². The van der Waals surface area contributed by atoms with Gasteiger partial charge in [-0.05, 0) is 39.0 Å². The molecule has 0 aromatic carbocycles. The molecule has 0 radical (unpaired) electrons. The molecule has 0 aromatic rings. The lowest BCUT2D eigenvalue weighted by molar-refractivity contribution is -0.168. The first-order valence-corrected chi connectivity index (χ1v) is 8.19. The summed E-state index contributed by atoms with van der Waals surface area (Å²) in [6.45, 7) is 9.83. The van der Waals surface area contributed by atoms with Gasteiger partial charge in [-0.1, -0.05) is 13.8 Å². The Morgan fingerprint density at radius 3 is 2.57 bits per heavy atom. The molecule has 0 aliphatic carbocycles. The molecule has 2 saturated heterocycles. The van der Waals surface area contributed by atoms with E-state index in [1.807, 2.05) is 13.8 Å². The summed E-state index contributed by atoms with van der Waals surface area (Å²) in [6.07, 6.45) is 2.84. The molecular formula is C16H28N2O3. The van der Waals surface area contributed by atoms with Crippen LogP contribution >= 0.6 is 0 Å². The van der Waals surface area contributed by atoms with E-state index in [0.29, 0.717) is 13.2 Å². The fourth-order valence-electron chi connectivity index (χ4n) is 3.46. The third-order valence-corrected chi connectivity index (χ3v) is 4.72. The monoisotopic (exact) mass is 296 g/mol. The smallest absolute Gasteiger partial charge is 0.246 e. The molecule has 21 heavy (non-hydrogen) atoms. The highest BCUT2D eigenvalue weighted by molar-refractivity contribution is 5.97. The number of ether oxygens (including phenoxy) is 1. The number of hydrogen-bond donors (Lipinski definition) is 0. The largest absolute Gasteiger partial charge is 0.380 e. The van der Waals surface area contributed by atoms with Crippen LogP contribution in [-0.4, -0.2) is 59.5 Å². The topological polar surface area (TPSA) is 49.9 Å². The molecule has 120 valence electrons. The molecule has 2 aliphatic heterocycles. The molecule has 2 heterocycles. The van der Waals surface area contributed by atoms with Crippen LogP contribution in [0.5, 0.6) is 0 Å². The van der Waals surface area contributed by atoms with Gasteiger partial charge in [0.1, 0.15) is 12.1 Å². The first kappa shape index (κ1) is 16.3. The number of piperazine rings is 1. The lowest BCUT2D eigenvalue weighted by atomic mass is 9.92. The molecule has 0 N–H and O–H groups in total. The average Bonchev–Trinajstić information content (AvgIpc) is 2.48. The summed E-state index contributed by atoms with van der Waals surface area (Å²) in [5, 5.41) is 0. The van der Waals surface area contributed by atoms with Crippen LogP contribution in [0.15, 0.2) is 0 Å². The second kappa shape index (κ2) is 6.77. The summed E-state index contributed by atoms with van der Waals surface area (Å²) in [5.41, 5.74) is 0. The molecular weight excluding hydrogens is 268 g/mol. The van der Waals surface area contributed by atoms with Crippen molar-refractivity contribution in [3.05, 3.63) is 0 Å². The van der Waals surface area contributed by atoms with Crippen molar-refractivity contribution >= 4 is 11.8 Å². The highest BCUT2D eigenvalue weighted by atomic mass is 16.5. The maximum absolute atomic E-state index is 12.9. The van der Waals surface area contributed by atoms with E-state index in [0.717, 1.165) is 25.8 Å². The van der Waals surface area contributed by atoms with Crippen LogP contribution in [0.2, 0.25) is 0 Å². The first-order valence-electron chi connectivity index (χ1n) is 8.19. The summed E-state index contributed by atoms with van der Waals surface area (Å²) in [6, 6.07) is -0.648. The Labute approximate surface area is 127 Å². The maximum atomic E-state index is 12.9. The molecule has 3 atom stereocenters. The number of amides is 2. The molecule has 2 rings (SSSR count). The van der Waals surface area contributed by atoms with E-state index in [2.05, 4.69) is 13.8 Å². The normalized spacial score (nSPS) is 28.0. The second-order valence-electron chi connectivity index (χ2n) is 6.44. The minimum absolute atomic E-state index is 0.0273. The Morgan fingerprint density at radius 2 is 1.95 bits per heavy atom. The van der Waals surface area contributed by atoms with Crippen LogP contribution in [0, 0.1) is 5.92 Å². The Morgan fingerprint density at radius 1 is 1.24 bits per heavy atom. The number of carbonyl (C=O) groups excluding carboxylic acids is 2. The van der Waals surface area contributed by atoms with Gasteiger partial charge < -0.3 is 14.5 Å². The Hall–Kier alpha value is -1.10. The highest BCUT2D eigenvalue weighted by Gasteiger charge is 2.47. The molecule has 0 aromatic heterocycles. The van der Waals surface area contributed by atoms with Crippen LogP contribution in [0.25, 0.3) is 0 Å². The number of fused-ring (bicyclic) bond motifs is 1. The summed E-state index contributed by atoms with van der Waals surface area (Å²) in [5.74, 6) is 0.479. The summed E-state index contributed by atoms with van der Waals surface area (Å²) < 4.78 is 5.56. The van der Waals surface area contributed by atoms with Gasteiger partial charge in [-0.3, -0.25) is 9.59 Å². The summed E-state index contributed by atoms with van der Waals surface area (Å²) in [4.78, 5) is 29.1. The van der Waals surface area contributed by atoms with Gasteiger partial charge in [0.2, 0.25) is 11.8 Å². The number of hydrogen-bond acceptors (Lipinski definition) is 3. The van der Waals surface area contributed by atoms with Crippen LogP contribution in [0.3, 0.4) is 0 Å². The van der Waals surface area contributed by atoms with Crippen LogP contribution in [0.1, 0.15) is 47.0 Å². The number of nitrogens with zero attached hydrogens (tertiary/aromatic N) is 2. The molecule has 5 nitrogen and oxygen atoms in total. The predicted molar refractivity (Wildman–Crippen MR) is 80.8 cm³/mol. The minimum Gasteiger partial charge on any atom is -0.380 e. The van der Waals surface area contributed by atoms with Gasteiger partial charge in [0.25, 0.3) is 0 Å². The zero-order valence-electron chi connectivity index (χ0n) is 13.7. The van der Waals surface area contributed by atoms with E-state index >= 15 is 0 Å². The SMILES string of the molecule is CCOCC(C(C)C)N1C(=O)C2CCCCN2C(=O)C1C. The third-order valence-electron chi connectivity index (χ3n) is 4.72. The van der Waals surface area contributed by atoms with Gasteiger partial charge in [0.05, 0.1) is 12.6 Å². The zero-order valence-corrected chi connectivity index (χ0v) is 13.7. The van der Waals surface area contributed by atoms with Crippen LogP contribution < -0.4 is 0 Å². The van der Waals surface area contributed by atoms with E-state index < -0.39 is 0 Å². The van der Waals surface area contributed by atoms with Gasteiger partial charge >= 0.3 is 0 Å². The van der Waals surface area contributed by atoms with E-state index in [-0.39, 0.29) is 35.9 Å². The van der Waals surface area contributed by atoms with Crippen LogP contribution in [-0.2, 0) is 14.3 Å². The predicted octanol–water partition coefficient (Wildman–Crippen LogP) is 1.66. The molecule has 0 spiro atoms. The Balaban J connectivity index is 2.23. The first-order chi connectivity index (χ1) is 9.99. The fourth-order valence-corrected chi connectivity index (χ4v) is 3.46. The van der Waals surface area contributed by atoms with Crippen molar-refractivity contribution < 1.29 is 14.3 Å². The van der Waals surface area contributed by atoms with E-state index in [1.54, 1.807) is 9.80 Å². The molecule has 3 unspecified atom stereocenters. The van der Waals surface area contributed by atoms with Crippen molar-refractivity contribution in [2.75, 3.05) is 19.8 Å². The van der Waals surface area contributed by atoms with E-state index in [4.69, 9.17) is 4.74 Å². The molecule has 2 amide bonds. The van der Waals surface area contributed by atoms with Crippen molar-refractivity contribution in [3.63, 3.8) is 0 Å². The highest BCUT2D eigenvalue weighted by Crippen LogP contribution is 2.29. The Bertz CT molecular complexity index is 397. The van der Waals surface area contributed by atoms with Gasteiger partial charge in [0.15, 0.2) is 0 Å². The number of piperidine rings is 1. The molecule has 2 fully saturated rings. The van der Waals surface area contributed by atoms with Gasteiger partial charge in [-0.2, -0.15) is 0 Å². The van der Waals surface area contributed by atoms with Crippen molar-refractivity contribution in [2.45, 2.75) is 65.1 Å². The van der Waals surface area contributed by atoms with E-state index in [1.165, 1.54) is 0 Å². The molecule has 5 heteroatoms. The fraction of sp³-hybridized carbons (Fsp3) is 0.875. The summed E-state index contributed by atoms with van der Waals surface area (Å²) in [7, 11) is 0. The Kier molecular flexibility index (Phi) is 5.25. The molecule has 0 saturated carbocycles.